The van der Waals surface area contributed by atoms with E-state index >= 15 is 0 Å². The summed E-state index contributed by atoms with van der Waals surface area (Å²) in [6, 6.07) is 7.43. The van der Waals surface area contributed by atoms with Crippen molar-refractivity contribution in [3.63, 3.8) is 0 Å². The zero-order chi connectivity index (χ0) is 14.5. The van der Waals surface area contributed by atoms with Gasteiger partial charge in [0.15, 0.2) is 5.78 Å². The largest absolute Gasteiger partial charge is 0.490 e. The van der Waals surface area contributed by atoms with Crippen LogP contribution in [0, 0.1) is 5.41 Å². The number of rotatable bonds is 7. The zero-order valence-corrected chi connectivity index (χ0v) is 12.4. The Morgan fingerprint density at radius 1 is 1.26 bits per heavy atom. The fourth-order valence-corrected chi connectivity index (χ4v) is 2.25. The standard InChI is InChI=1S/C16H25NO2/c1-5-16(6-2,11-17)15(18)13-9-7-8-10-14(13)19-12(3)4/h7-10,12H,5-6,11,17H2,1-4H3. The smallest absolute Gasteiger partial charge is 0.173 e. The van der Waals surface area contributed by atoms with E-state index < -0.39 is 5.41 Å². The molecule has 0 saturated heterocycles. The average Bonchev–Trinajstić information content (AvgIpc) is 2.41. The van der Waals surface area contributed by atoms with E-state index in [0.29, 0.717) is 17.9 Å². The van der Waals surface area contributed by atoms with Crippen LogP contribution in [0.2, 0.25) is 0 Å². The number of carbonyl (C=O) groups excluding carboxylic acids is 1. The topological polar surface area (TPSA) is 52.3 Å². The lowest BCUT2D eigenvalue weighted by molar-refractivity contribution is 0.0781. The maximum atomic E-state index is 12.8. The first kappa shape index (κ1) is 15.7. The second kappa shape index (κ2) is 6.71. The quantitative estimate of drug-likeness (QED) is 0.767. The number of benzene rings is 1. The Balaban J connectivity index is 3.18. The molecular weight excluding hydrogens is 238 g/mol. The molecule has 3 heteroatoms. The van der Waals surface area contributed by atoms with Crippen LogP contribution >= 0.6 is 0 Å². The maximum Gasteiger partial charge on any atom is 0.173 e. The molecule has 0 fully saturated rings. The van der Waals surface area contributed by atoms with Gasteiger partial charge in [0.2, 0.25) is 0 Å². The summed E-state index contributed by atoms with van der Waals surface area (Å²) in [5.41, 5.74) is 6.02. The van der Waals surface area contributed by atoms with Gasteiger partial charge in [-0.15, -0.1) is 0 Å². The predicted molar refractivity (Wildman–Crippen MR) is 78.6 cm³/mol. The van der Waals surface area contributed by atoms with Crippen molar-refractivity contribution >= 4 is 5.78 Å². The Hall–Kier alpha value is -1.35. The van der Waals surface area contributed by atoms with Crippen LogP contribution in [0.4, 0.5) is 0 Å². The molecule has 0 heterocycles. The maximum absolute atomic E-state index is 12.8. The Morgan fingerprint density at radius 3 is 2.32 bits per heavy atom. The van der Waals surface area contributed by atoms with Gasteiger partial charge < -0.3 is 10.5 Å². The van der Waals surface area contributed by atoms with Crippen LogP contribution in [0.5, 0.6) is 5.75 Å². The number of hydrogen-bond donors (Lipinski definition) is 1. The minimum atomic E-state index is -0.476. The monoisotopic (exact) mass is 263 g/mol. The fourth-order valence-electron chi connectivity index (χ4n) is 2.25. The van der Waals surface area contributed by atoms with Gasteiger partial charge in [0.1, 0.15) is 5.75 Å². The van der Waals surface area contributed by atoms with E-state index in [4.69, 9.17) is 10.5 Å². The molecule has 1 aromatic rings. The predicted octanol–water partition coefficient (Wildman–Crippen LogP) is 3.42. The van der Waals surface area contributed by atoms with Crippen LogP contribution in [-0.4, -0.2) is 18.4 Å². The van der Waals surface area contributed by atoms with Crippen LogP contribution < -0.4 is 10.5 Å². The molecule has 3 nitrogen and oxygen atoms in total. The number of Topliss-reactive ketones (excluding diaryl/α,β-unsaturated/α-hetero) is 1. The number of nitrogens with two attached hydrogens (primary N) is 1. The summed E-state index contributed by atoms with van der Waals surface area (Å²) >= 11 is 0. The van der Waals surface area contributed by atoms with Crippen molar-refractivity contribution in [2.75, 3.05) is 6.54 Å². The Bertz CT molecular complexity index is 414. The van der Waals surface area contributed by atoms with E-state index in [2.05, 4.69) is 0 Å². The van der Waals surface area contributed by atoms with Gasteiger partial charge >= 0.3 is 0 Å². The first-order chi connectivity index (χ1) is 9.00. The third-order valence-corrected chi connectivity index (χ3v) is 3.72. The molecule has 0 atom stereocenters. The minimum absolute atomic E-state index is 0.0458. The molecule has 0 aliphatic rings. The van der Waals surface area contributed by atoms with Crippen molar-refractivity contribution in [1.29, 1.82) is 0 Å². The van der Waals surface area contributed by atoms with E-state index in [1.807, 2.05) is 52.0 Å². The Morgan fingerprint density at radius 2 is 1.84 bits per heavy atom. The third-order valence-electron chi connectivity index (χ3n) is 3.72. The summed E-state index contributed by atoms with van der Waals surface area (Å²) in [6.07, 6.45) is 1.54. The lowest BCUT2D eigenvalue weighted by Crippen LogP contribution is -2.38. The molecule has 0 spiro atoms. The van der Waals surface area contributed by atoms with E-state index in [0.717, 1.165) is 12.8 Å². The number of ketones is 1. The summed E-state index contributed by atoms with van der Waals surface area (Å²) in [4.78, 5) is 12.8. The normalized spacial score (nSPS) is 11.7. The number of hydrogen-bond acceptors (Lipinski definition) is 3. The molecule has 0 unspecified atom stereocenters. The van der Waals surface area contributed by atoms with Crippen LogP contribution in [0.3, 0.4) is 0 Å². The van der Waals surface area contributed by atoms with Gasteiger partial charge in [0, 0.05) is 12.0 Å². The molecule has 2 N–H and O–H groups in total. The first-order valence-electron chi connectivity index (χ1n) is 7.01. The lowest BCUT2D eigenvalue weighted by Gasteiger charge is -2.29. The highest BCUT2D eigenvalue weighted by Gasteiger charge is 2.35. The van der Waals surface area contributed by atoms with Crippen molar-refractivity contribution in [1.82, 2.24) is 0 Å². The molecular formula is C16H25NO2. The second-order valence-corrected chi connectivity index (χ2v) is 5.18. The van der Waals surface area contributed by atoms with Crippen LogP contribution in [0.25, 0.3) is 0 Å². The molecule has 1 rings (SSSR count). The zero-order valence-electron chi connectivity index (χ0n) is 12.4. The van der Waals surface area contributed by atoms with Gasteiger partial charge in [-0.2, -0.15) is 0 Å². The van der Waals surface area contributed by atoms with Crippen LogP contribution in [0.1, 0.15) is 50.9 Å². The van der Waals surface area contributed by atoms with Crippen LogP contribution in [-0.2, 0) is 0 Å². The number of carbonyl (C=O) groups is 1. The highest BCUT2D eigenvalue weighted by atomic mass is 16.5. The molecule has 0 saturated carbocycles. The van der Waals surface area contributed by atoms with Crippen LogP contribution in [0.15, 0.2) is 24.3 Å². The van der Waals surface area contributed by atoms with Crippen molar-refractivity contribution in [2.45, 2.75) is 46.6 Å². The molecule has 0 aliphatic carbocycles. The molecule has 106 valence electrons. The molecule has 0 radical (unpaired) electrons. The Labute approximate surface area is 116 Å². The van der Waals surface area contributed by atoms with Gasteiger partial charge in [0.25, 0.3) is 0 Å². The van der Waals surface area contributed by atoms with Crippen molar-refractivity contribution in [2.24, 2.45) is 11.1 Å². The van der Waals surface area contributed by atoms with Gasteiger partial charge in [-0.3, -0.25) is 4.79 Å². The summed E-state index contributed by atoms with van der Waals surface area (Å²) < 4.78 is 5.73. The molecule has 0 bridgehead atoms. The summed E-state index contributed by atoms with van der Waals surface area (Å²) in [7, 11) is 0. The summed E-state index contributed by atoms with van der Waals surface area (Å²) in [5.74, 6) is 0.749. The second-order valence-electron chi connectivity index (χ2n) is 5.18. The fraction of sp³-hybridized carbons (Fsp3) is 0.562. The van der Waals surface area contributed by atoms with E-state index in [-0.39, 0.29) is 11.9 Å². The van der Waals surface area contributed by atoms with Crippen molar-refractivity contribution in [3.05, 3.63) is 29.8 Å². The first-order valence-corrected chi connectivity index (χ1v) is 7.01. The highest BCUT2D eigenvalue weighted by molar-refractivity contribution is 6.02. The van der Waals surface area contributed by atoms with Gasteiger partial charge in [-0.25, -0.2) is 0 Å². The molecule has 0 aliphatic heterocycles. The Kier molecular flexibility index (Phi) is 5.55. The molecule has 19 heavy (non-hydrogen) atoms. The molecule has 1 aromatic carbocycles. The summed E-state index contributed by atoms with van der Waals surface area (Å²) in [6.45, 7) is 8.31. The van der Waals surface area contributed by atoms with E-state index in [9.17, 15) is 4.79 Å². The third kappa shape index (κ3) is 3.35. The van der Waals surface area contributed by atoms with E-state index in [1.165, 1.54) is 0 Å². The van der Waals surface area contributed by atoms with Gasteiger partial charge in [-0.05, 0) is 38.8 Å². The molecule has 0 amide bonds. The molecule has 0 aromatic heterocycles. The van der Waals surface area contributed by atoms with Gasteiger partial charge in [0.05, 0.1) is 11.7 Å². The average molecular weight is 263 g/mol. The minimum Gasteiger partial charge on any atom is -0.490 e. The number of para-hydroxylation sites is 1. The summed E-state index contributed by atoms with van der Waals surface area (Å²) in [5, 5.41) is 0. The van der Waals surface area contributed by atoms with E-state index in [1.54, 1.807) is 0 Å². The lowest BCUT2D eigenvalue weighted by atomic mass is 9.75. The van der Waals surface area contributed by atoms with Crippen molar-refractivity contribution in [3.8, 4) is 5.75 Å². The van der Waals surface area contributed by atoms with Crippen molar-refractivity contribution < 1.29 is 9.53 Å². The number of ether oxygens (including phenoxy) is 1. The SMILES string of the molecule is CCC(CC)(CN)C(=O)c1ccccc1OC(C)C. The van der Waals surface area contributed by atoms with Gasteiger partial charge in [-0.1, -0.05) is 26.0 Å². The highest BCUT2D eigenvalue weighted by Crippen LogP contribution is 2.33.